The van der Waals surface area contributed by atoms with Crippen LogP contribution in [0.3, 0.4) is 0 Å². The second-order valence-corrected chi connectivity index (χ2v) is 6.84. The minimum Gasteiger partial charge on any atom is -0.466 e. The third-order valence-corrected chi connectivity index (χ3v) is 5.05. The fourth-order valence-corrected chi connectivity index (χ4v) is 3.52. The third-order valence-electron chi connectivity index (χ3n) is 5.05. The lowest BCUT2D eigenvalue weighted by Crippen LogP contribution is -2.26. The molecule has 0 spiro atoms. The highest BCUT2D eigenvalue weighted by Gasteiger charge is 2.19. The predicted octanol–water partition coefficient (Wildman–Crippen LogP) is 3.73. The van der Waals surface area contributed by atoms with E-state index in [-0.39, 0.29) is 31.1 Å². The minimum absolute atomic E-state index is 0.0747. The number of aliphatic hydroxyl groups excluding tert-OH is 1. The predicted molar refractivity (Wildman–Crippen MR) is 110 cm³/mol. The summed E-state index contributed by atoms with van der Waals surface area (Å²) in [6.07, 6.45) is 0.0747. The SMILES string of the molecule is CCOC(=O)CCn1c(CO)c(-c2ccccc2)c2cc(C)c(C)cc2c1=O. The van der Waals surface area contributed by atoms with E-state index >= 15 is 0 Å². The molecule has 0 bridgehead atoms. The number of rotatable bonds is 6. The van der Waals surface area contributed by atoms with Crippen molar-refractivity contribution in [2.75, 3.05) is 6.61 Å². The van der Waals surface area contributed by atoms with Crippen molar-refractivity contribution in [3.05, 3.63) is 69.6 Å². The standard InChI is InChI=1S/C23H25NO4/c1-4-28-21(26)10-11-24-20(14-25)22(17-8-6-5-7-9-17)18-12-15(2)16(3)13-19(18)23(24)27/h5-9,12-13,25H,4,10-11,14H2,1-3H3. The van der Waals surface area contributed by atoms with Gasteiger partial charge in [-0.3, -0.25) is 9.59 Å². The molecule has 28 heavy (non-hydrogen) atoms. The summed E-state index contributed by atoms with van der Waals surface area (Å²) in [5.74, 6) is -0.361. The van der Waals surface area contributed by atoms with Crippen molar-refractivity contribution in [2.24, 2.45) is 0 Å². The molecule has 3 aromatic rings. The maximum absolute atomic E-state index is 13.2. The van der Waals surface area contributed by atoms with Crippen LogP contribution in [0.15, 0.2) is 47.3 Å². The molecule has 0 aliphatic heterocycles. The van der Waals surface area contributed by atoms with E-state index in [2.05, 4.69) is 0 Å². The quantitative estimate of drug-likeness (QED) is 0.663. The molecule has 1 heterocycles. The minimum atomic E-state index is -0.361. The van der Waals surface area contributed by atoms with Crippen molar-refractivity contribution in [2.45, 2.75) is 40.3 Å². The van der Waals surface area contributed by atoms with Gasteiger partial charge >= 0.3 is 5.97 Å². The number of benzene rings is 2. The molecule has 3 rings (SSSR count). The Morgan fingerprint density at radius 2 is 1.71 bits per heavy atom. The smallest absolute Gasteiger partial charge is 0.307 e. The lowest BCUT2D eigenvalue weighted by Gasteiger charge is -2.19. The highest BCUT2D eigenvalue weighted by Crippen LogP contribution is 2.32. The summed E-state index contributed by atoms with van der Waals surface area (Å²) in [6, 6.07) is 13.6. The number of pyridine rings is 1. The molecule has 0 amide bonds. The molecule has 5 nitrogen and oxygen atoms in total. The molecule has 0 unspecified atom stereocenters. The Hall–Kier alpha value is -2.92. The summed E-state index contributed by atoms with van der Waals surface area (Å²) in [5.41, 5.74) is 4.16. The summed E-state index contributed by atoms with van der Waals surface area (Å²) in [4.78, 5) is 25.1. The molecule has 146 valence electrons. The number of esters is 1. The van der Waals surface area contributed by atoms with Crippen LogP contribution in [0.2, 0.25) is 0 Å². The van der Waals surface area contributed by atoms with Gasteiger partial charge < -0.3 is 14.4 Å². The molecule has 0 fully saturated rings. The third kappa shape index (κ3) is 3.71. The zero-order valence-electron chi connectivity index (χ0n) is 16.5. The van der Waals surface area contributed by atoms with Gasteiger partial charge in [0.05, 0.1) is 25.3 Å². The molecule has 0 saturated carbocycles. The van der Waals surface area contributed by atoms with Gasteiger partial charge in [-0.25, -0.2) is 0 Å². The van der Waals surface area contributed by atoms with Crippen molar-refractivity contribution in [1.82, 2.24) is 4.57 Å². The Morgan fingerprint density at radius 1 is 1.07 bits per heavy atom. The molecule has 1 aromatic heterocycles. The van der Waals surface area contributed by atoms with Crippen LogP contribution >= 0.6 is 0 Å². The molecule has 0 aliphatic carbocycles. The van der Waals surface area contributed by atoms with Gasteiger partial charge in [-0.1, -0.05) is 36.4 Å². The van der Waals surface area contributed by atoms with Gasteiger partial charge in [0.1, 0.15) is 0 Å². The highest BCUT2D eigenvalue weighted by molar-refractivity contribution is 5.98. The van der Waals surface area contributed by atoms with Gasteiger partial charge in [-0.05, 0) is 48.9 Å². The fraction of sp³-hybridized carbons (Fsp3) is 0.304. The molecule has 1 N–H and O–H groups in total. The second-order valence-electron chi connectivity index (χ2n) is 6.84. The van der Waals surface area contributed by atoms with Crippen molar-refractivity contribution in [3.8, 4) is 11.1 Å². The Bertz CT molecular complexity index is 1070. The van der Waals surface area contributed by atoms with Gasteiger partial charge in [-0.15, -0.1) is 0 Å². The van der Waals surface area contributed by atoms with Crippen LogP contribution in [0.1, 0.15) is 30.2 Å². The summed E-state index contributed by atoms with van der Waals surface area (Å²) in [6.45, 7) is 5.89. The molecule has 0 aliphatic rings. The van der Waals surface area contributed by atoms with E-state index in [1.54, 1.807) is 6.92 Å². The van der Waals surface area contributed by atoms with Crippen molar-refractivity contribution in [3.63, 3.8) is 0 Å². The Morgan fingerprint density at radius 3 is 2.32 bits per heavy atom. The van der Waals surface area contributed by atoms with Crippen LogP contribution in [-0.4, -0.2) is 22.2 Å². The maximum Gasteiger partial charge on any atom is 0.307 e. The zero-order valence-corrected chi connectivity index (χ0v) is 16.5. The Labute approximate surface area is 164 Å². The number of hydrogen-bond donors (Lipinski definition) is 1. The number of nitrogens with zero attached hydrogens (tertiary/aromatic N) is 1. The number of aromatic nitrogens is 1. The van der Waals surface area contributed by atoms with Crippen LogP contribution in [0, 0.1) is 13.8 Å². The molecule has 5 heteroatoms. The normalized spacial score (nSPS) is 11.0. The van der Waals surface area contributed by atoms with Gasteiger partial charge in [0.25, 0.3) is 5.56 Å². The summed E-state index contributed by atoms with van der Waals surface area (Å²) >= 11 is 0. The van der Waals surface area contributed by atoms with Crippen LogP contribution in [0.5, 0.6) is 0 Å². The van der Waals surface area contributed by atoms with Gasteiger partial charge in [0.15, 0.2) is 0 Å². The first-order chi connectivity index (χ1) is 13.5. The summed E-state index contributed by atoms with van der Waals surface area (Å²) in [7, 11) is 0. The molecular weight excluding hydrogens is 354 g/mol. The highest BCUT2D eigenvalue weighted by atomic mass is 16.5. The first-order valence-corrected chi connectivity index (χ1v) is 9.46. The van der Waals surface area contributed by atoms with Crippen LogP contribution in [-0.2, 0) is 22.7 Å². The number of aliphatic hydroxyl groups is 1. The number of carbonyl (C=O) groups is 1. The van der Waals surface area contributed by atoms with E-state index in [9.17, 15) is 14.7 Å². The van der Waals surface area contributed by atoms with E-state index in [1.165, 1.54) is 4.57 Å². The van der Waals surface area contributed by atoms with Crippen molar-refractivity contribution >= 4 is 16.7 Å². The number of aryl methyl sites for hydroxylation is 2. The lowest BCUT2D eigenvalue weighted by molar-refractivity contribution is -0.143. The number of hydrogen-bond acceptors (Lipinski definition) is 4. The van der Waals surface area contributed by atoms with E-state index in [4.69, 9.17) is 4.74 Å². The Kier molecular flexibility index (Phi) is 5.95. The van der Waals surface area contributed by atoms with Crippen LogP contribution < -0.4 is 5.56 Å². The molecule has 2 aromatic carbocycles. The van der Waals surface area contributed by atoms with Gasteiger partial charge in [0, 0.05) is 17.5 Å². The van der Waals surface area contributed by atoms with Crippen molar-refractivity contribution < 1.29 is 14.6 Å². The number of carbonyl (C=O) groups excluding carboxylic acids is 1. The Balaban J connectivity index is 2.31. The number of fused-ring (bicyclic) bond motifs is 1. The first kappa shape index (κ1) is 19.8. The average Bonchev–Trinajstić information content (AvgIpc) is 2.69. The monoisotopic (exact) mass is 379 g/mol. The molecule has 0 saturated heterocycles. The largest absolute Gasteiger partial charge is 0.466 e. The topological polar surface area (TPSA) is 68.5 Å². The zero-order chi connectivity index (χ0) is 20.3. The molecular formula is C23H25NO4. The first-order valence-electron chi connectivity index (χ1n) is 9.46. The molecule has 0 atom stereocenters. The summed E-state index contributed by atoms with van der Waals surface area (Å²) < 4.78 is 6.51. The van der Waals surface area contributed by atoms with Crippen molar-refractivity contribution in [1.29, 1.82) is 0 Å². The van der Waals surface area contributed by atoms with E-state index in [0.717, 1.165) is 27.6 Å². The molecule has 0 radical (unpaired) electrons. The van der Waals surface area contributed by atoms with Crippen LogP contribution in [0.4, 0.5) is 0 Å². The lowest BCUT2D eigenvalue weighted by atomic mass is 9.94. The second kappa shape index (κ2) is 8.40. The summed E-state index contributed by atoms with van der Waals surface area (Å²) in [5, 5.41) is 11.6. The van der Waals surface area contributed by atoms with Crippen LogP contribution in [0.25, 0.3) is 21.9 Å². The average molecular weight is 379 g/mol. The van der Waals surface area contributed by atoms with Gasteiger partial charge in [0.2, 0.25) is 0 Å². The maximum atomic E-state index is 13.2. The van der Waals surface area contributed by atoms with Gasteiger partial charge in [-0.2, -0.15) is 0 Å². The van der Waals surface area contributed by atoms with E-state index < -0.39 is 0 Å². The number of ether oxygens (including phenoxy) is 1. The van der Waals surface area contributed by atoms with E-state index in [1.807, 2.05) is 56.3 Å². The fourth-order valence-electron chi connectivity index (χ4n) is 3.52. The van der Waals surface area contributed by atoms with E-state index in [0.29, 0.717) is 17.7 Å².